The van der Waals surface area contributed by atoms with Gasteiger partial charge in [-0.3, -0.25) is 4.90 Å². The molecule has 1 aliphatic rings. The Balaban J connectivity index is 2.13. The average molecular weight is 273 g/mol. The average Bonchev–Trinajstić information content (AvgIpc) is 2.38. The Morgan fingerprint density at radius 1 is 1.16 bits per heavy atom. The molecule has 2 rings (SSSR count). The maximum atomic E-state index is 13.6. The van der Waals surface area contributed by atoms with Gasteiger partial charge >= 0.3 is 0 Å². The predicted molar refractivity (Wildman–Crippen MR) is 66.0 cm³/mol. The lowest BCUT2D eigenvalue weighted by molar-refractivity contribution is 0.0762. The summed E-state index contributed by atoms with van der Waals surface area (Å²) in [4.78, 5) is 2.00. The highest BCUT2D eigenvalue weighted by atomic mass is 19.2. The Labute approximate surface area is 110 Å². The van der Waals surface area contributed by atoms with Gasteiger partial charge in [0, 0.05) is 37.4 Å². The quantitative estimate of drug-likeness (QED) is 0.856. The van der Waals surface area contributed by atoms with Crippen molar-refractivity contribution in [2.45, 2.75) is 32.4 Å². The highest BCUT2D eigenvalue weighted by molar-refractivity contribution is 5.20. The van der Waals surface area contributed by atoms with Crippen molar-refractivity contribution in [1.82, 2.24) is 4.90 Å². The molecule has 0 bridgehead atoms. The lowest BCUT2D eigenvalue weighted by atomic mass is 9.93. The van der Waals surface area contributed by atoms with Gasteiger partial charge in [0.25, 0.3) is 0 Å². The summed E-state index contributed by atoms with van der Waals surface area (Å²) < 4.78 is 39.6. The third-order valence-electron chi connectivity index (χ3n) is 3.83. The van der Waals surface area contributed by atoms with Crippen molar-refractivity contribution in [2.24, 2.45) is 5.92 Å². The number of hydrogen-bond donors (Lipinski definition) is 1. The van der Waals surface area contributed by atoms with Crippen LogP contribution in [0.15, 0.2) is 12.1 Å². The predicted octanol–water partition coefficient (Wildman–Crippen LogP) is 2.70. The zero-order valence-corrected chi connectivity index (χ0v) is 10.9. The van der Waals surface area contributed by atoms with Crippen LogP contribution in [0.2, 0.25) is 0 Å². The van der Waals surface area contributed by atoms with Crippen LogP contribution in [0.1, 0.15) is 25.3 Å². The molecule has 0 amide bonds. The van der Waals surface area contributed by atoms with Crippen molar-refractivity contribution in [2.75, 3.05) is 13.2 Å². The molecule has 2 nitrogen and oxygen atoms in total. The summed E-state index contributed by atoms with van der Waals surface area (Å²) >= 11 is 0. The fourth-order valence-electron chi connectivity index (χ4n) is 2.54. The van der Waals surface area contributed by atoms with Crippen LogP contribution >= 0.6 is 0 Å². The number of rotatable bonds is 3. The smallest absolute Gasteiger partial charge is 0.161 e. The van der Waals surface area contributed by atoms with E-state index in [2.05, 4.69) is 0 Å². The minimum atomic E-state index is -1.17. The summed E-state index contributed by atoms with van der Waals surface area (Å²) in [5, 5.41) is 9.19. The Morgan fingerprint density at radius 2 is 1.84 bits per heavy atom. The van der Waals surface area contributed by atoms with E-state index in [1.807, 2.05) is 11.8 Å². The van der Waals surface area contributed by atoms with Crippen LogP contribution < -0.4 is 0 Å². The van der Waals surface area contributed by atoms with E-state index in [0.717, 1.165) is 18.9 Å². The Hall–Kier alpha value is -1.07. The maximum absolute atomic E-state index is 13.6. The second kappa shape index (κ2) is 5.92. The van der Waals surface area contributed by atoms with E-state index in [1.54, 1.807) is 0 Å². The van der Waals surface area contributed by atoms with Gasteiger partial charge in [0.1, 0.15) is 5.82 Å². The Bertz CT molecular complexity index is 453. The van der Waals surface area contributed by atoms with E-state index < -0.39 is 17.5 Å². The summed E-state index contributed by atoms with van der Waals surface area (Å²) in [5.41, 5.74) is 0.157. The summed E-state index contributed by atoms with van der Waals surface area (Å²) in [6.45, 7) is 3.01. The van der Waals surface area contributed by atoms with Crippen molar-refractivity contribution in [1.29, 1.82) is 0 Å². The first-order valence-corrected chi connectivity index (χ1v) is 6.49. The van der Waals surface area contributed by atoms with Crippen LogP contribution in [0.4, 0.5) is 13.2 Å². The lowest BCUT2D eigenvalue weighted by Crippen LogP contribution is -2.42. The van der Waals surface area contributed by atoms with Crippen LogP contribution in [0.25, 0.3) is 0 Å². The molecule has 1 N–H and O–H groups in total. The van der Waals surface area contributed by atoms with Gasteiger partial charge in [0.15, 0.2) is 11.6 Å². The molecule has 0 aliphatic carbocycles. The first-order chi connectivity index (χ1) is 9.01. The molecule has 2 atom stereocenters. The number of hydrogen-bond acceptors (Lipinski definition) is 2. The number of piperidine rings is 1. The summed E-state index contributed by atoms with van der Waals surface area (Å²) in [7, 11) is 0. The minimum Gasteiger partial charge on any atom is -0.396 e. The maximum Gasteiger partial charge on any atom is 0.161 e. The second-order valence-corrected chi connectivity index (χ2v) is 5.26. The highest BCUT2D eigenvalue weighted by Gasteiger charge is 2.26. The van der Waals surface area contributed by atoms with Crippen LogP contribution in [0.5, 0.6) is 0 Å². The van der Waals surface area contributed by atoms with Crippen LogP contribution in [-0.2, 0) is 6.54 Å². The Morgan fingerprint density at radius 3 is 2.53 bits per heavy atom. The number of halogens is 3. The largest absolute Gasteiger partial charge is 0.396 e. The molecule has 1 aromatic carbocycles. The van der Waals surface area contributed by atoms with E-state index in [1.165, 1.54) is 0 Å². The van der Waals surface area contributed by atoms with Gasteiger partial charge in [-0.15, -0.1) is 0 Å². The van der Waals surface area contributed by atoms with Gasteiger partial charge in [-0.2, -0.15) is 0 Å². The summed E-state index contributed by atoms with van der Waals surface area (Å²) in [6, 6.07) is 1.75. The molecule has 1 fully saturated rings. The summed E-state index contributed by atoms with van der Waals surface area (Å²) in [5.74, 6) is -2.75. The minimum absolute atomic E-state index is 0.101. The molecular weight excluding hydrogens is 255 g/mol. The molecule has 2 unspecified atom stereocenters. The standard InChI is InChI=1S/C14H18F3NO/c1-9-2-3-10(8-19)6-18(9)7-11-4-13(16)14(17)5-12(11)15/h4-5,9-10,19H,2-3,6-8H2,1H3. The highest BCUT2D eigenvalue weighted by Crippen LogP contribution is 2.24. The van der Waals surface area contributed by atoms with Crippen molar-refractivity contribution < 1.29 is 18.3 Å². The fraction of sp³-hybridized carbons (Fsp3) is 0.571. The lowest BCUT2D eigenvalue weighted by Gasteiger charge is -2.37. The van der Waals surface area contributed by atoms with Crippen molar-refractivity contribution in [3.8, 4) is 0 Å². The monoisotopic (exact) mass is 273 g/mol. The van der Waals surface area contributed by atoms with Crippen molar-refractivity contribution >= 4 is 0 Å². The third kappa shape index (κ3) is 3.28. The number of aliphatic hydroxyl groups excluding tert-OH is 1. The van der Waals surface area contributed by atoms with Gasteiger partial charge < -0.3 is 5.11 Å². The molecule has 0 spiro atoms. The van der Waals surface area contributed by atoms with Crippen molar-refractivity contribution in [3.05, 3.63) is 35.1 Å². The van der Waals surface area contributed by atoms with E-state index in [-0.39, 0.29) is 30.7 Å². The molecule has 19 heavy (non-hydrogen) atoms. The molecule has 0 saturated carbocycles. The number of benzene rings is 1. The summed E-state index contributed by atoms with van der Waals surface area (Å²) in [6.07, 6.45) is 1.85. The second-order valence-electron chi connectivity index (χ2n) is 5.26. The van der Waals surface area contributed by atoms with Crippen LogP contribution in [0.3, 0.4) is 0 Å². The first kappa shape index (κ1) is 14.3. The van der Waals surface area contributed by atoms with E-state index in [9.17, 15) is 18.3 Å². The zero-order valence-electron chi connectivity index (χ0n) is 10.9. The molecule has 5 heteroatoms. The molecule has 1 saturated heterocycles. The molecule has 106 valence electrons. The first-order valence-electron chi connectivity index (χ1n) is 6.49. The van der Waals surface area contributed by atoms with Gasteiger partial charge in [-0.25, -0.2) is 13.2 Å². The zero-order chi connectivity index (χ0) is 14.0. The van der Waals surface area contributed by atoms with E-state index in [0.29, 0.717) is 12.6 Å². The van der Waals surface area contributed by atoms with E-state index >= 15 is 0 Å². The molecule has 1 heterocycles. The number of nitrogens with zero attached hydrogens (tertiary/aromatic N) is 1. The van der Waals surface area contributed by atoms with E-state index in [4.69, 9.17) is 0 Å². The molecular formula is C14H18F3NO. The van der Waals surface area contributed by atoms with Crippen LogP contribution in [0, 0.1) is 23.4 Å². The van der Waals surface area contributed by atoms with Gasteiger partial charge in [-0.05, 0) is 31.7 Å². The molecule has 0 radical (unpaired) electrons. The molecule has 0 aromatic heterocycles. The van der Waals surface area contributed by atoms with Gasteiger partial charge in [0.2, 0.25) is 0 Å². The number of aliphatic hydroxyl groups is 1. The fourth-order valence-corrected chi connectivity index (χ4v) is 2.54. The normalized spacial score (nSPS) is 24.7. The number of likely N-dealkylation sites (tertiary alicyclic amines) is 1. The third-order valence-corrected chi connectivity index (χ3v) is 3.83. The van der Waals surface area contributed by atoms with Gasteiger partial charge in [-0.1, -0.05) is 0 Å². The Kier molecular flexibility index (Phi) is 4.47. The van der Waals surface area contributed by atoms with Gasteiger partial charge in [0.05, 0.1) is 0 Å². The topological polar surface area (TPSA) is 23.5 Å². The van der Waals surface area contributed by atoms with Crippen LogP contribution in [-0.4, -0.2) is 29.2 Å². The SMILES string of the molecule is CC1CCC(CO)CN1Cc1cc(F)c(F)cc1F. The molecule has 1 aliphatic heterocycles. The molecule has 1 aromatic rings. The van der Waals surface area contributed by atoms with Crippen molar-refractivity contribution in [3.63, 3.8) is 0 Å².